The van der Waals surface area contributed by atoms with Gasteiger partial charge in [0.05, 0.1) is 5.69 Å². The zero-order valence-corrected chi connectivity index (χ0v) is 12.9. The molecule has 1 aliphatic carbocycles. The van der Waals surface area contributed by atoms with Crippen LogP contribution in [0.25, 0.3) is 0 Å². The highest BCUT2D eigenvalue weighted by Crippen LogP contribution is 2.31. The van der Waals surface area contributed by atoms with E-state index in [-0.39, 0.29) is 0 Å². The summed E-state index contributed by atoms with van der Waals surface area (Å²) in [5, 5.41) is 8.13. The van der Waals surface area contributed by atoms with E-state index in [1.807, 2.05) is 0 Å². The Balaban J connectivity index is 2.05. The van der Waals surface area contributed by atoms with Crippen molar-refractivity contribution in [3.8, 4) is 0 Å². The molecule has 3 nitrogen and oxygen atoms in total. The smallest absolute Gasteiger partial charge is 0.0596 e. The highest BCUT2D eigenvalue weighted by Gasteiger charge is 2.26. The zero-order valence-electron chi connectivity index (χ0n) is 12.9. The van der Waals surface area contributed by atoms with Crippen LogP contribution in [0.1, 0.15) is 50.9 Å². The average molecular weight is 263 g/mol. The molecule has 1 heterocycles. The van der Waals surface area contributed by atoms with Crippen LogP contribution < -0.4 is 5.32 Å². The fourth-order valence-corrected chi connectivity index (χ4v) is 3.61. The van der Waals surface area contributed by atoms with Gasteiger partial charge in [0.25, 0.3) is 0 Å². The fraction of sp³-hybridized carbons (Fsp3) is 0.812. The van der Waals surface area contributed by atoms with Gasteiger partial charge in [-0.3, -0.25) is 4.68 Å². The maximum atomic E-state index is 4.57. The van der Waals surface area contributed by atoms with Crippen molar-refractivity contribution in [1.82, 2.24) is 15.1 Å². The first-order chi connectivity index (χ1) is 9.13. The van der Waals surface area contributed by atoms with Gasteiger partial charge < -0.3 is 5.32 Å². The molecule has 0 amide bonds. The molecule has 1 aliphatic rings. The maximum absolute atomic E-state index is 4.57. The second-order valence-corrected chi connectivity index (χ2v) is 6.22. The van der Waals surface area contributed by atoms with Crippen LogP contribution in [0.5, 0.6) is 0 Å². The van der Waals surface area contributed by atoms with Crippen LogP contribution in [0.2, 0.25) is 0 Å². The van der Waals surface area contributed by atoms with Crippen LogP contribution in [0, 0.1) is 18.8 Å². The molecule has 108 valence electrons. The van der Waals surface area contributed by atoms with Crippen molar-refractivity contribution in [2.75, 3.05) is 7.05 Å². The standard InChI is InChI=1S/C16H29N3/c1-5-19-15(10-13(3)18-19)11-16(17-4)14-8-6-7-12(2)9-14/h10,12,14,16-17H,5-9,11H2,1-4H3. The van der Waals surface area contributed by atoms with Gasteiger partial charge in [0.1, 0.15) is 0 Å². The molecule has 19 heavy (non-hydrogen) atoms. The van der Waals surface area contributed by atoms with Crippen LogP contribution in [-0.4, -0.2) is 22.9 Å². The lowest BCUT2D eigenvalue weighted by molar-refractivity contribution is 0.225. The third-order valence-electron chi connectivity index (χ3n) is 4.63. The Kier molecular flexibility index (Phi) is 5.03. The number of aryl methyl sites for hydroxylation is 2. The van der Waals surface area contributed by atoms with Gasteiger partial charge in [-0.25, -0.2) is 0 Å². The van der Waals surface area contributed by atoms with Crippen molar-refractivity contribution in [3.05, 3.63) is 17.5 Å². The average Bonchev–Trinajstić information content (AvgIpc) is 2.76. The monoisotopic (exact) mass is 263 g/mol. The Morgan fingerprint density at radius 2 is 2.26 bits per heavy atom. The minimum atomic E-state index is 0.601. The lowest BCUT2D eigenvalue weighted by Crippen LogP contribution is -2.38. The van der Waals surface area contributed by atoms with Crippen molar-refractivity contribution in [1.29, 1.82) is 0 Å². The molecule has 3 unspecified atom stereocenters. The van der Waals surface area contributed by atoms with Gasteiger partial charge >= 0.3 is 0 Å². The summed E-state index contributed by atoms with van der Waals surface area (Å²) in [6.07, 6.45) is 6.69. The van der Waals surface area contributed by atoms with E-state index >= 15 is 0 Å². The number of hydrogen-bond acceptors (Lipinski definition) is 2. The number of likely N-dealkylation sites (N-methyl/N-ethyl adjacent to an activating group) is 1. The molecule has 0 aromatic carbocycles. The first-order valence-electron chi connectivity index (χ1n) is 7.84. The van der Waals surface area contributed by atoms with Gasteiger partial charge in [0.15, 0.2) is 0 Å². The topological polar surface area (TPSA) is 29.9 Å². The summed E-state index contributed by atoms with van der Waals surface area (Å²) in [6.45, 7) is 7.64. The van der Waals surface area contributed by atoms with Gasteiger partial charge in [-0.1, -0.05) is 19.8 Å². The number of nitrogens with one attached hydrogen (secondary N) is 1. The molecule has 3 atom stereocenters. The highest BCUT2D eigenvalue weighted by atomic mass is 15.3. The van der Waals surface area contributed by atoms with E-state index in [1.54, 1.807) is 0 Å². The molecular formula is C16H29N3. The normalized spacial score (nSPS) is 25.5. The van der Waals surface area contributed by atoms with Crippen molar-refractivity contribution in [2.45, 2.75) is 65.5 Å². The summed E-state index contributed by atoms with van der Waals surface area (Å²) in [6, 6.07) is 2.85. The number of hydrogen-bond donors (Lipinski definition) is 1. The number of aromatic nitrogens is 2. The first-order valence-corrected chi connectivity index (χ1v) is 7.84. The first kappa shape index (κ1) is 14.6. The van der Waals surface area contributed by atoms with Gasteiger partial charge in [-0.05, 0) is 51.6 Å². The third kappa shape index (κ3) is 3.59. The van der Waals surface area contributed by atoms with Gasteiger partial charge in [0.2, 0.25) is 0 Å². The van der Waals surface area contributed by atoms with E-state index in [2.05, 4.69) is 49.0 Å². The van der Waals surface area contributed by atoms with E-state index in [0.29, 0.717) is 6.04 Å². The van der Waals surface area contributed by atoms with E-state index in [0.717, 1.165) is 30.5 Å². The largest absolute Gasteiger partial charge is 0.316 e. The number of nitrogens with zero attached hydrogens (tertiary/aromatic N) is 2. The molecule has 0 aliphatic heterocycles. The SMILES string of the molecule is CCn1nc(C)cc1CC(NC)C1CCCC(C)C1. The maximum Gasteiger partial charge on any atom is 0.0596 e. The van der Waals surface area contributed by atoms with E-state index in [4.69, 9.17) is 0 Å². The Hall–Kier alpha value is -0.830. The molecule has 2 rings (SSSR count). The Bertz CT molecular complexity index is 397. The molecule has 0 saturated heterocycles. The van der Waals surface area contributed by atoms with E-state index in [1.165, 1.54) is 31.4 Å². The van der Waals surface area contributed by atoms with Crippen molar-refractivity contribution < 1.29 is 0 Å². The Morgan fingerprint density at radius 1 is 1.47 bits per heavy atom. The van der Waals surface area contributed by atoms with Crippen molar-refractivity contribution >= 4 is 0 Å². The third-order valence-corrected chi connectivity index (χ3v) is 4.63. The zero-order chi connectivity index (χ0) is 13.8. The van der Waals surface area contributed by atoms with Crippen molar-refractivity contribution in [2.24, 2.45) is 11.8 Å². The predicted octanol–water partition coefficient (Wildman–Crippen LogP) is 3.17. The van der Waals surface area contributed by atoms with E-state index < -0.39 is 0 Å². The van der Waals surface area contributed by atoms with Gasteiger partial charge in [-0.15, -0.1) is 0 Å². The molecular weight excluding hydrogens is 234 g/mol. The van der Waals surface area contributed by atoms with Crippen LogP contribution >= 0.6 is 0 Å². The van der Waals surface area contributed by atoms with Gasteiger partial charge in [-0.2, -0.15) is 5.10 Å². The summed E-state index contributed by atoms with van der Waals surface area (Å²) in [4.78, 5) is 0. The summed E-state index contributed by atoms with van der Waals surface area (Å²) < 4.78 is 2.16. The molecule has 1 aromatic heterocycles. The second-order valence-electron chi connectivity index (χ2n) is 6.22. The second kappa shape index (κ2) is 6.56. The Morgan fingerprint density at radius 3 is 2.89 bits per heavy atom. The minimum absolute atomic E-state index is 0.601. The molecule has 1 saturated carbocycles. The van der Waals surface area contributed by atoms with Gasteiger partial charge in [0, 0.05) is 24.7 Å². The molecule has 1 fully saturated rings. The quantitative estimate of drug-likeness (QED) is 0.884. The molecule has 1 N–H and O–H groups in total. The minimum Gasteiger partial charge on any atom is -0.316 e. The summed E-state index contributed by atoms with van der Waals surface area (Å²) >= 11 is 0. The Labute approximate surface area is 117 Å². The highest BCUT2D eigenvalue weighted by molar-refractivity contribution is 5.11. The molecule has 0 bridgehead atoms. The van der Waals surface area contributed by atoms with Crippen LogP contribution in [-0.2, 0) is 13.0 Å². The number of rotatable bonds is 5. The van der Waals surface area contributed by atoms with Crippen molar-refractivity contribution in [3.63, 3.8) is 0 Å². The summed E-state index contributed by atoms with van der Waals surface area (Å²) in [5.74, 6) is 1.72. The summed E-state index contributed by atoms with van der Waals surface area (Å²) in [5.41, 5.74) is 2.53. The van der Waals surface area contributed by atoms with Crippen LogP contribution in [0.3, 0.4) is 0 Å². The molecule has 0 spiro atoms. The molecule has 0 radical (unpaired) electrons. The van der Waals surface area contributed by atoms with Crippen LogP contribution in [0.15, 0.2) is 6.07 Å². The fourth-order valence-electron chi connectivity index (χ4n) is 3.61. The predicted molar refractivity (Wildman–Crippen MR) is 80.3 cm³/mol. The molecule has 1 aromatic rings. The summed E-state index contributed by atoms with van der Waals surface area (Å²) in [7, 11) is 2.11. The van der Waals surface area contributed by atoms with E-state index in [9.17, 15) is 0 Å². The van der Waals surface area contributed by atoms with Crippen LogP contribution in [0.4, 0.5) is 0 Å². The lowest BCUT2D eigenvalue weighted by Gasteiger charge is -2.33. The molecule has 3 heteroatoms. The lowest BCUT2D eigenvalue weighted by atomic mass is 9.77.